The van der Waals surface area contributed by atoms with Gasteiger partial charge in [0.25, 0.3) is 0 Å². The van der Waals surface area contributed by atoms with Gasteiger partial charge in [-0.25, -0.2) is 0 Å². The molecule has 1 aliphatic heterocycles. The molecule has 0 spiro atoms. The van der Waals surface area contributed by atoms with Crippen LogP contribution in [0, 0.1) is 0 Å². The Bertz CT molecular complexity index is 554. The van der Waals surface area contributed by atoms with Crippen molar-refractivity contribution in [3.8, 4) is 0 Å². The number of rotatable bonds is 3. The van der Waals surface area contributed by atoms with E-state index in [0.29, 0.717) is 15.3 Å². The quantitative estimate of drug-likeness (QED) is 0.743. The van der Waals surface area contributed by atoms with Gasteiger partial charge in [0.15, 0.2) is 5.17 Å². The zero-order valence-corrected chi connectivity index (χ0v) is 14.1. The Hall–Kier alpha value is -0.690. The van der Waals surface area contributed by atoms with Crippen molar-refractivity contribution in [1.29, 1.82) is 0 Å². The van der Waals surface area contributed by atoms with Gasteiger partial charge in [0, 0.05) is 15.9 Å². The number of amidine groups is 1. The lowest BCUT2D eigenvalue weighted by atomic mass is 9.97. The van der Waals surface area contributed by atoms with Gasteiger partial charge in [-0.3, -0.25) is 4.99 Å². The Labute approximate surface area is 134 Å². The molecule has 0 atom stereocenters. The van der Waals surface area contributed by atoms with Crippen LogP contribution < -0.4 is 5.32 Å². The minimum absolute atomic E-state index is 0.0914. The van der Waals surface area contributed by atoms with E-state index in [9.17, 15) is 13.2 Å². The van der Waals surface area contributed by atoms with E-state index < -0.39 is 11.7 Å². The minimum Gasteiger partial charge on any atom is -0.335 e. The lowest BCUT2D eigenvalue weighted by Crippen LogP contribution is -2.24. The van der Waals surface area contributed by atoms with Crippen LogP contribution in [-0.4, -0.2) is 16.5 Å². The topological polar surface area (TPSA) is 24.4 Å². The molecular formula is C14H16BrF3N2S. The number of halogens is 4. The predicted molar refractivity (Wildman–Crippen MR) is 86.0 cm³/mol. The summed E-state index contributed by atoms with van der Waals surface area (Å²) < 4.78 is 38.8. The van der Waals surface area contributed by atoms with Gasteiger partial charge in [-0.2, -0.15) is 13.2 Å². The molecule has 1 heterocycles. The van der Waals surface area contributed by atoms with Crippen LogP contribution in [0.5, 0.6) is 0 Å². The van der Waals surface area contributed by atoms with Crippen molar-refractivity contribution < 1.29 is 13.2 Å². The summed E-state index contributed by atoms with van der Waals surface area (Å²) in [6.07, 6.45) is -2.51. The Kier molecular flexibility index (Phi) is 4.92. The van der Waals surface area contributed by atoms with E-state index in [1.165, 1.54) is 0 Å². The zero-order chi connectivity index (χ0) is 15.7. The summed E-state index contributed by atoms with van der Waals surface area (Å²) in [4.78, 5) is 4.65. The number of hydrogen-bond acceptors (Lipinski definition) is 3. The van der Waals surface area contributed by atoms with Crippen LogP contribution in [0.1, 0.15) is 32.3 Å². The average Bonchev–Trinajstić information content (AvgIpc) is 2.81. The van der Waals surface area contributed by atoms with Crippen molar-refractivity contribution in [2.24, 2.45) is 4.99 Å². The first-order chi connectivity index (χ1) is 9.78. The van der Waals surface area contributed by atoms with Gasteiger partial charge in [-0.1, -0.05) is 41.5 Å². The molecule has 1 aromatic rings. The maximum atomic E-state index is 12.8. The molecule has 1 aromatic carbocycles. The lowest BCUT2D eigenvalue weighted by Gasteiger charge is -2.20. The predicted octanol–water partition coefficient (Wildman–Crippen LogP) is 5.54. The van der Waals surface area contributed by atoms with Crippen LogP contribution in [0.4, 0.5) is 18.9 Å². The molecule has 21 heavy (non-hydrogen) atoms. The number of alkyl halides is 3. The third kappa shape index (κ3) is 3.94. The Morgan fingerprint density at radius 3 is 2.48 bits per heavy atom. The van der Waals surface area contributed by atoms with Crippen molar-refractivity contribution in [3.05, 3.63) is 28.2 Å². The second kappa shape index (κ2) is 6.20. The highest BCUT2D eigenvalue weighted by Crippen LogP contribution is 2.36. The highest BCUT2D eigenvalue weighted by molar-refractivity contribution is 9.10. The number of benzene rings is 1. The zero-order valence-electron chi connectivity index (χ0n) is 11.7. The highest BCUT2D eigenvalue weighted by atomic mass is 79.9. The number of nitrogens with one attached hydrogen (secondary N) is 1. The largest absolute Gasteiger partial charge is 0.416 e. The number of aliphatic imine (C=N–C) groups is 1. The Balaban J connectivity index is 2.23. The maximum Gasteiger partial charge on any atom is 0.416 e. The normalized spacial score (nSPS) is 17.7. The highest BCUT2D eigenvalue weighted by Gasteiger charge is 2.33. The molecule has 0 bridgehead atoms. The number of nitrogens with zero attached hydrogens (tertiary/aromatic N) is 1. The molecule has 0 fully saturated rings. The van der Waals surface area contributed by atoms with E-state index in [1.54, 1.807) is 17.8 Å². The molecular weight excluding hydrogens is 365 g/mol. The Morgan fingerprint density at radius 1 is 1.29 bits per heavy atom. The van der Waals surface area contributed by atoms with Gasteiger partial charge in [-0.15, -0.1) is 0 Å². The van der Waals surface area contributed by atoms with Gasteiger partial charge in [-0.05, 0) is 31.0 Å². The second-order valence-corrected chi connectivity index (χ2v) is 6.87. The van der Waals surface area contributed by atoms with Crippen LogP contribution in [0.2, 0.25) is 0 Å². The van der Waals surface area contributed by atoms with Crippen molar-refractivity contribution in [1.82, 2.24) is 0 Å². The van der Waals surface area contributed by atoms with Gasteiger partial charge < -0.3 is 5.32 Å². The summed E-state index contributed by atoms with van der Waals surface area (Å²) in [6.45, 7) is 4.16. The lowest BCUT2D eigenvalue weighted by molar-refractivity contribution is -0.137. The minimum atomic E-state index is -4.36. The smallest absolute Gasteiger partial charge is 0.335 e. The molecule has 0 unspecified atom stereocenters. The molecule has 116 valence electrons. The standard InChI is InChI=1S/C14H16BrF3N2S/c1-3-13(4-2)8-21-12(20-13)19-11-6-9(14(16,17)18)5-10(15)7-11/h5-7H,3-4,8H2,1-2H3,(H,19,20). The molecule has 0 saturated heterocycles. The second-order valence-electron chi connectivity index (χ2n) is 4.99. The summed E-state index contributed by atoms with van der Waals surface area (Å²) in [5.74, 6) is 0.864. The fourth-order valence-corrected chi connectivity index (χ4v) is 3.93. The molecule has 0 aliphatic carbocycles. The summed E-state index contributed by atoms with van der Waals surface area (Å²) >= 11 is 4.67. The van der Waals surface area contributed by atoms with Crippen molar-refractivity contribution in [2.75, 3.05) is 11.1 Å². The van der Waals surface area contributed by atoms with Crippen LogP contribution in [0.3, 0.4) is 0 Å². The number of thioether (sulfide) groups is 1. The number of hydrogen-bond donors (Lipinski definition) is 1. The van der Waals surface area contributed by atoms with Crippen molar-refractivity contribution >= 4 is 38.5 Å². The first-order valence-corrected chi connectivity index (χ1v) is 8.43. The molecule has 0 radical (unpaired) electrons. The fraction of sp³-hybridized carbons (Fsp3) is 0.500. The van der Waals surface area contributed by atoms with Crippen LogP contribution in [0.25, 0.3) is 0 Å². The van der Waals surface area contributed by atoms with Crippen molar-refractivity contribution in [2.45, 2.75) is 38.4 Å². The monoisotopic (exact) mass is 380 g/mol. The fourth-order valence-electron chi connectivity index (χ4n) is 2.11. The van der Waals surface area contributed by atoms with Crippen LogP contribution >= 0.6 is 27.7 Å². The van der Waals surface area contributed by atoms with E-state index in [-0.39, 0.29) is 5.54 Å². The van der Waals surface area contributed by atoms with Gasteiger partial charge >= 0.3 is 6.18 Å². The van der Waals surface area contributed by atoms with Gasteiger partial charge in [0.2, 0.25) is 0 Å². The first-order valence-electron chi connectivity index (χ1n) is 6.65. The van der Waals surface area contributed by atoms with E-state index in [2.05, 4.69) is 40.1 Å². The molecule has 0 saturated carbocycles. The van der Waals surface area contributed by atoms with E-state index in [1.807, 2.05) is 0 Å². The number of anilines is 1. The summed E-state index contributed by atoms with van der Waals surface area (Å²) in [5, 5.41) is 3.69. The molecule has 2 rings (SSSR count). The van der Waals surface area contributed by atoms with E-state index in [0.717, 1.165) is 30.7 Å². The van der Waals surface area contributed by atoms with Crippen LogP contribution in [-0.2, 0) is 6.18 Å². The Morgan fingerprint density at radius 2 is 1.95 bits per heavy atom. The molecule has 1 aliphatic rings. The summed E-state index contributed by atoms with van der Waals surface area (Å²) in [7, 11) is 0. The van der Waals surface area contributed by atoms with Crippen molar-refractivity contribution in [3.63, 3.8) is 0 Å². The third-order valence-electron chi connectivity index (χ3n) is 3.61. The summed E-state index contributed by atoms with van der Waals surface area (Å²) in [5.41, 5.74) is -0.377. The molecule has 1 N–H and O–H groups in total. The average molecular weight is 381 g/mol. The van der Waals surface area contributed by atoms with Gasteiger partial charge in [0.1, 0.15) is 0 Å². The van der Waals surface area contributed by atoms with E-state index >= 15 is 0 Å². The molecule has 2 nitrogen and oxygen atoms in total. The SMILES string of the molecule is CCC1(CC)CSC(Nc2cc(Br)cc(C(F)(F)F)c2)=N1. The maximum absolute atomic E-state index is 12.8. The molecule has 7 heteroatoms. The van der Waals surface area contributed by atoms with Gasteiger partial charge in [0.05, 0.1) is 11.1 Å². The molecule has 0 amide bonds. The molecule has 0 aromatic heterocycles. The van der Waals surface area contributed by atoms with Crippen LogP contribution in [0.15, 0.2) is 27.7 Å². The summed E-state index contributed by atoms with van der Waals surface area (Å²) in [6, 6.07) is 3.79. The van der Waals surface area contributed by atoms with E-state index in [4.69, 9.17) is 0 Å². The third-order valence-corrected chi connectivity index (χ3v) is 5.22. The first kappa shape index (κ1) is 16.7.